The van der Waals surface area contributed by atoms with Crippen LogP contribution in [0, 0.1) is 0 Å². The van der Waals surface area contributed by atoms with Crippen LogP contribution >= 0.6 is 0 Å². The van der Waals surface area contributed by atoms with Gasteiger partial charge >= 0.3 is 0 Å². The molecule has 0 spiro atoms. The van der Waals surface area contributed by atoms with Gasteiger partial charge in [0.05, 0.1) is 12.7 Å². The van der Waals surface area contributed by atoms with Crippen LogP contribution in [0.3, 0.4) is 0 Å². The van der Waals surface area contributed by atoms with Gasteiger partial charge in [-0.25, -0.2) is 0 Å². The Morgan fingerprint density at radius 2 is 2.28 bits per heavy atom. The molecule has 0 fully saturated rings. The van der Waals surface area contributed by atoms with E-state index in [1.54, 1.807) is 12.1 Å². The van der Waals surface area contributed by atoms with Crippen molar-refractivity contribution < 1.29 is 19.1 Å². The van der Waals surface area contributed by atoms with Crippen LogP contribution in [-0.4, -0.2) is 37.4 Å². The number of fused-ring (bicyclic) bond motifs is 1. The van der Waals surface area contributed by atoms with Crippen LogP contribution in [0.4, 0.5) is 0 Å². The molecule has 0 bridgehead atoms. The van der Waals surface area contributed by atoms with Crippen LogP contribution < -0.4 is 5.32 Å². The maximum absolute atomic E-state index is 11.8. The first kappa shape index (κ1) is 12.6. The summed E-state index contributed by atoms with van der Waals surface area (Å²) in [4.78, 5) is 11.8. The Labute approximate surface area is 104 Å². The highest BCUT2D eigenvalue weighted by Crippen LogP contribution is 2.18. The largest absolute Gasteiger partial charge is 0.451 e. The van der Waals surface area contributed by atoms with Crippen LogP contribution in [-0.2, 0) is 4.74 Å². The van der Waals surface area contributed by atoms with Gasteiger partial charge in [0.1, 0.15) is 5.58 Å². The lowest BCUT2D eigenvalue weighted by Gasteiger charge is -2.09. The van der Waals surface area contributed by atoms with E-state index in [0.29, 0.717) is 5.58 Å². The molecule has 1 amide bonds. The molecule has 2 N–H and O–H groups in total. The number of aliphatic hydroxyl groups excluding tert-OH is 1. The average Bonchev–Trinajstić information content (AvgIpc) is 2.80. The number of hydrogen-bond donors (Lipinski definition) is 2. The number of carbonyl (C=O) groups excluding carboxylic acids is 1. The number of ether oxygens (including phenoxy) is 1. The Morgan fingerprint density at radius 1 is 1.50 bits per heavy atom. The fraction of sp³-hybridized carbons (Fsp3) is 0.308. The molecule has 1 aromatic heterocycles. The van der Waals surface area contributed by atoms with Gasteiger partial charge in [0.15, 0.2) is 5.76 Å². The number of aliphatic hydroxyl groups is 1. The first-order chi connectivity index (χ1) is 8.70. The smallest absolute Gasteiger partial charge is 0.287 e. The normalized spacial score (nSPS) is 12.6. The summed E-state index contributed by atoms with van der Waals surface area (Å²) < 4.78 is 10.2. The number of carbonyl (C=O) groups is 1. The Kier molecular flexibility index (Phi) is 3.96. The standard InChI is InChI=1S/C13H15NO4/c1-17-8-10(15)7-14-13(16)12-6-9-4-2-3-5-11(9)18-12/h2-6,10,15H,7-8H2,1H3,(H,14,16). The Balaban J connectivity index is 2.00. The summed E-state index contributed by atoms with van der Waals surface area (Å²) in [5, 5.41) is 12.9. The molecule has 96 valence electrons. The van der Waals surface area contributed by atoms with E-state index in [-0.39, 0.29) is 24.8 Å². The molecule has 5 nitrogen and oxygen atoms in total. The molecular weight excluding hydrogens is 234 g/mol. The zero-order valence-electron chi connectivity index (χ0n) is 10.1. The van der Waals surface area contributed by atoms with E-state index < -0.39 is 6.10 Å². The number of hydrogen-bond acceptors (Lipinski definition) is 4. The molecule has 1 aromatic carbocycles. The van der Waals surface area contributed by atoms with Crippen LogP contribution in [0.2, 0.25) is 0 Å². The summed E-state index contributed by atoms with van der Waals surface area (Å²) in [5.74, 6) is -0.109. The van der Waals surface area contributed by atoms with Gasteiger partial charge < -0.3 is 19.6 Å². The quantitative estimate of drug-likeness (QED) is 0.834. The first-order valence-electron chi connectivity index (χ1n) is 5.64. The maximum Gasteiger partial charge on any atom is 0.287 e. The van der Waals surface area contributed by atoms with E-state index in [1.807, 2.05) is 18.2 Å². The van der Waals surface area contributed by atoms with E-state index in [2.05, 4.69) is 5.32 Å². The molecule has 18 heavy (non-hydrogen) atoms. The summed E-state index contributed by atoms with van der Waals surface area (Å²) in [6.07, 6.45) is -0.719. The van der Waals surface area contributed by atoms with E-state index >= 15 is 0 Å². The number of rotatable bonds is 5. The van der Waals surface area contributed by atoms with Crippen molar-refractivity contribution in [2.45, 2.75) is 6.10 Å². The fourth-order valence-electron chi connectivity index (χ4n) is 1.64. The Morgan fingerprint density at radius 3 is 3.00 bits per heavy atom. The van der Waals surface area contributed by atoms with Gasteiger partial charge in [-0.2, -0.15) is 0 Å². The van der Waals surface area contributed by atoms with Crippen molar-refractivity contribution in [2.75, 3.05) is 20.3 Å². The van der Waals surface area contributed by atoms with Crippen molar-refractivity contribution in [1.29, 1.82) is 0 Å². The zero-order chi connectivity index (χ0) is 13.0. The van der Waals surface area contributed by atoms with Gasteiger partial charge in [-0.05, 0) is 12.1 Å². The first-order valence-corrected chi connectivity index (χ1v) is 5.64. The van der Waals surface area contributed by atoms with Crippen LogP contribution in [0.25, 0.3) is 11.0 Å². The molecule has 0 saturated heterocycles. The molecule has 0 aliphatic carbocycles. The number of para-hydroxylation sites is 1. The molecule has 0 radical (unpaired) electrons. The molecule has 2 aromatic rings. The minimum Gasteiger partial charge on any atom is -0.451 e. The average molecular weight is 249 g/mol. The van der Waals surface area contributed by atoms with Gasteiger partial charge in [0, 0.05) is 19.0 Å². The molecule has 0 saturated carbocycles. The monoisotopic (exact) mass is 249 g/mol. The van der Waals surface area contributed by atoms with E-state index in [1.165, 1.54) is 7.11 Å². The fourth-order valence-corrected chi connectivity index (χ4v) is 1.64. The topological polar surface area (TPSA) is 71.7 Å². The summed E-state index contributed by atoms with van der Waals surface area (Å²) in [5.41, 5.74) is 0.667. The van der Waals surface area contributed by atoms with Crippen molar-refractivity contribution in [1.82, 2.24) is 5.32 Å². The highest BCUT2D eigenvalue weighted by Gasteiger charge is 2.13. The maximum atomic E-state index is 11.8. The van der Waals surface area contributed by atoms with Gasteiger partial charge in [-0.3, -0.25) is 4.79 Å². The molecule has 5 heteroatoms. The lowest BCUT2D eigenvalue weighted by atomic mass is 10.2. The third kappa shape index (κ3) is 2.88. The van der Waals surface area contributed by atoms with E-state index in [0.717, 1.165) is 5.39 Å². The minimum atomic E-state index is -0.719. The van der Waals surface area contributed by atoms with E-state index in [4.69, 9.17) is 9.15 Å². The summed E-state index contributed by atoms with van der Waals surface area (Å²) in [7, 11) is 1.49. The second kappa shape index (κ2) is 5.66. The van der Waals surface area contributed by atoms with Crippen molar-refractivity contribution in [3.63, 3.8) is 0 Å². The van der Waals surface area contributed by atoms with E-state index in [9.17, 15) is 9.90 Å². The molecule has 0 aliphatic heterocycles. The highest BCUT2D eigenvalue weighted by atomic mass is 16.5. The van der Waals surface area contributed by atoms with Crippen molar-refractivity contribution in [3.8, 4) is 0 Å². The number of nitrogens with one attached hydrogen (secondary N) is 1. The lowest BCUT2D eigenvalue weighted by molar-refractivity contribution is 0.0604. The Bertz CT molecular complexity index is 502. The minimum absolute atomic E-state index is 0.129. The molecule has 1 unspecified atom stereocenters. The predicted molar refractivity (Wildman–Crippen MR) is 66.4 cm³/mol. The summed E-state index contributed by atoms with van der Waals surface area (Å²) in [6, 6.07) is 9.06. The van der Waals surface area contributed by atoms with Gasteiger partial charge in [0.25, 0.3) is 5.91 Å². The number of methoxy groups -OCH3 is 1. The molecule has 1 atom stereocenters. The molecule has 0 aliphatic rings. The number of amides is 1. The predicted octanol–water partition coefficient (Wildman–Crippen LogP) is 1.17. The third-order valence-electron chi connectivity index (χ3n) is 2.51. The second-order valence-corrected chi connectivity index (χ2v) is 3.97. The second-order valence-electron chi connectivity index (χ2n) is 3.97. The molecular formula is C13H15NO4. The van der Waals surface area contributed by atoms with Gasteiger partial charge in [-0.15, -0.1) is 0 Å². The van der Waals surface area contributed by atoms with Crippen molar-refractivity contribution in [3.05, 3.63) is 36.1 Å². The van der Waals surface area contributed by atoms with Crippen LogP contribution in [0.1, 0.15) is 10.6 Å². The summed E-state index contributed by atoms with van der Waals surface area (Å²) >= 11 is 0. The zero-order valence-corrected chi connectivity index (χ0v) is 10.1. The van der Waals surface area contributed by atoms with Crippen molar-refractivity contribution >= 4 is 16.9 Å². The number of benzene rings is 1. The van der Waals surface area contributed by atoms with Crippen LogP contribution in [0.15, 0.2) is 34.7 Å². The molecule has 2 rings (SSSR count). The lowest BCUT2D eigenvalue weighted by Crippen LogP contribution is -2.34. The van der Waals surface area contributed by atoms with Gasteiger partial charge in [-0.1, -0.05) is 18.2 Å². The number of furan rings is 1. The highest BCUT2D eigenvalue weighted by molar-refractivity contribution is 5.96. The Hall–Kier alpha value is -1.85. The third-order valence-corrected chi connectivity index (χ3v) is 2.51. The molecule has 1 heterocycles. The van der Waals surface area contributed by atoms with Crippen molar-refractivity contribution in [2.24, 2.45) is 0 Å². The van der Waals surface area contributed by atoms with Crippen LogP contribution in [0.5, 0.6) is 0 Å². The van der Waals surface area contributed by atoms with Gasteiger partial charge in [0.2, 0.25) is 0 Å². The summed E-state index contributed by atoms with van der Waals surface area (Å²) in [6.45, 7) is 0.310. The SMILES string of the molecule is COCC(O)CNC(=O)c1cc2ccccc2o1.